The fourth-order valence-corrected chi connectivity index (χ4v) is 1.35. The zero-order valence-electron chi connectivity index (χ0n) is 8.50. The van der Waals surface area contributed by atoms with Crippen LogP contribution in [0, 0.1) is 25.2 Å². The van der Waals surface area contributed by atoms with Gasteiger partial charge in [-0.2, -0.15) is 5.26 Å². The first kappa shape index (κ1) is 10.5. The molecule has 1 rings (SSSR count). The molecule has 2 heteroatoms. The Hall–Kier alpha value is -1.62. The van der Waals surface area contributed by atoms with E-state index in [1.165, 1.54) is 0 Å². The smallest absolute Gasteiger partial charge is 0.151 e. The summed E-state index contributed by atoms with van der Waals surface area (Å²) in [4.78, 5) is 11.3. The van der Waals surface area contributed by atoms with Crippen LogP contribution in [0.1, 0.15) is 23.1 Å². The first-order valence-corrected chi connectivity index (χ1v) is 4.58. The molecule has 0 bridgehead atoms. The predicted molar refractivity (Wildman–Crippen MR) is 54.9 cm³/mol. The van der Waals surface area contributed by atoms with Gasteiger partial charge in [-0.15, -0.1) is 0 Å². The Kier molecular flexibility index (Phi) is 3.41. The first-order chi connectivity index (χ1) is 6.63. The maximum atomic E-state index is 11.3. The Morgan fingerprint density at radius 3 is 2.79 bits per heavy atom. The van der Waals surface area contributed by atoms with Gasteiger partial charge in [-0.05, 0) is 25.0 Å². The molecule has 0 unspecified atom stereocenters. The Balaban J connectivity index is 2.81. The highest BCUT2D eigenvalue weighted by atomic mass is 16.1. The van der Waals surface area contributed by atoms with Crippen molar-refractivity contribution in [3.8, 4) is 6.07 Å². The molecule has 14 heavy (non-hydrogen) atoms. The van der Waals surface area contributed by atoms with E-state index in [1.807, 2.05) is 38.1 Å². The minimum atomic E-state index is -0.0128. The second-order valence-corrected chi connectivity index (χ2v) is 3.48. The van der Waals surface area contributed by atoms with E-state index in [0.717, 1.165) is 16.7 Å². The van der Waals surface area contributed by atoms with Crippen LogP contribution in [0.4, 0.5) is 0 Å². The van der Waals surface area contributed by atoms with Gasteiger partial charge in [0, 0.05) is 6.42 Å². The number of benzene rings is 1. The van der Waals surface area contributed by atoms with Crippen LogP contribution in [-0.4, -0.2) is 5.78 Å². The third kappa shape index (κ3) is 2.70. The van der Waals surface area contributed by atoms with Gasteiger partial charge in [-0.25, -0.2) is 0 Å². The number of ketones is 1. The van der Waals surface area contributed by atoms with Crippen molar-refractivity contribution in [2.75, 3.05) is 0 Å². The molecule has 0 saturated heterocycles. The number of nitriles is 1. The summed E-state index contributed by atoms with van der Waals surface area (Å²) in [6, 6.07) is 7.90. The van der Waals surface area contributed by atoms with Gasteiger partial charge >= 0.3 is 0 Å². The summed E-state index contributed by atoms with van der Waals surface area (Å²) >= 11 is 0. The van der Waals surface area contributed by atoms with Crippen molar-refractivity contribution in [1.82, 2.24) is 0 Å². The minimum Gasteiger partial charge on any atom is -0.298 e. The number of hydrogen-bond donors (Lipinski definition) is 0. The maximum absolute atomic E-state index is 11.3. The van der Waals surface area contributed by atoms with Crippen LogP contribution in [0.25, 0.3) is 0 Å². The summed E-state index contributed by atoms with van der Waals surface area (Å²) in [5.74, 6) is -0.0128. The van der Waals surface area contributed by atoms with E-state index in [2.05, 4.69) is 0 Å². The number of Topliss-reactive ketones (excluding diaryl/α,β-unsaturated/α-hetero) is 1. The second kappa shape index (κ2) is 4.57. The lowest BCUT2D eigenvalue weighted by Crippen LogP contribution is -2.03. The molecule has 0 radical (unpaired) electrons. The molecule has 0 aliphatic carbocycles. The standard InChI is InChI=1S/C12H13NO/c1-9-3-4-10(2)11(7-9)8-12(14)5-6-13/h3-4,7H,5,8H2,1-2H3. The lowest BCUT2D eigenvalue weighted by molar-refractivity contribution is -0.117. The van der Waals surface area contributed by atoms with Crippen molar-refractivity contribution in [2.24, 2.45) is 0 Å². The SMILES string of the molecule is Cc1ccc(C)c(CC(=O)CC#N)c1. The quantitative estimate of drug-likeness (QED) is 0.728. The lowest BCUT2D eigenvalue weighted by Gasteiger charge is -2.04. The van der Waals surface area contributed by atoms with E-state index >= 15 is 0 Å². The van der Waals surface area contributed by atoms with Crippen LogP contribution in [0.3, 0.4) is 0 Å². The molecule has 0 fully saturated rings. The number of carbonyl (C=O) groups excluding carboxylic acids is 1. The number of nitrogens with zero attached hydrogens (tertiary/aromatic N) is 1. The van der Waals surface area contributed by atoms with Gasteiger partial charge in [-0.3, -0.25) is 4.79 Å². The molecule has 0 spiro atoms. The van der Waals surface area contributed by atoms with Crippen LogP contribution >= 0.6 is 0 Å². The molecule has 0 aliphatic rings. The van der Waals surface area contributed by atoms with E-state index in [-0.39, 0.29) is 12.2 Å². The molecule has 72 valence electrons. The molecule has 0 heterocycles. The first-order valence-electron chi connectivity index (χ1n) is 4.58. The van der Waals surface area contributed by atoms with Crippen molar-refractivity contribution >= 4 is 5.78 Å². The highest BCUT2D eigenvalue weighted by Gasteiger charge is 2.05. The van der Waals surface area contributed by atoms with Crippen molar-refractivity contribution in [2.45, 2.75) is 26.7 Å². The van der Waals surface area contributed by atoms with E-state index < -0.39 is 0 Å². The summed E-state index contributed by atoms with van der Waals surface area (Å²) in [6.07, 6.45) is 0.383. The zero-order chi connectivity index (χ0) is 10.6. The van der Waals surface area contributed by atoms with Crippen LogP contribution in [0.15, 0.2) is 18.2 Å². The van der Waals surface area contributed by atoms with Crippen molar-refractivity contribution < 1.29 is 4.79 Å². The maximum Gasteiger partial charge on any atom is 0.151 e. The van der Waals surface area contributed by atoms with Crippen molar-refractivity contribution in [1.29, 1.82) is 5.26 Å². The average molecular weight is 187 g/mol. The van der Waals surface area contributed by atoms with Gasteiger partial charge < -0.3 is 0 Å². The van der Waals surface area contributed by atoms with Crippen LogP contribution in [0.2, 0.25) is 0 Å². The van der Waals surface area contributed by atoms with Gasteiger partial charge in [0.05, 0.1) is 12.5 Å². The summed E-state index contributed by atoms with van der Waals surface area (Å²) in [5.41, 5.74) is 3.29. The van der Waals surface area contributed by atoms with Crippen molar-refractivity contribution in [3.63, 3.8) is 0 Å². The molecule has 0 amide bonds. The average Bonchev–Trinajstić information content (AvgIpc) is 2.12. The third-order valence-electron chi connectivity index (χ3n) is 2.17. The second-order valence-electron chi connectivity index (χ2n) is 3.48. The summed E-state index contributed by atoms with van der Waals surface area (Å²) in [5, 5.41) is 8.37. The third-order valence-corrected chi connectivity index (χ3v) is 2.17. The topological polar surface area (TPSA) is 40.9 Å². The van der Waals surface area contributed by atoms with Gasteiger partial charge in [-0.1, -0.05) is 23.8 Å². The molecular weight excluding hydrogens is 174 g/mol. The zero-order valence-corrected chi connectivity index (χ0v) is 8.50. The fraction of sp³-hybridized carbons (Fsp3) is 0.333. The Bertz CT molecular complexity index is 388. The fourth-order valence-electron chi connectivity index (χ4n) is 1.35. The molecule has 2 nitrogen and oxygen atoms in total. The molecule has 0 saturated carbocycles. The molecule has 1 aromatic rings. The largest absolute Gasteiger partial charge is 0.298 e. The molecular formula is C12H13NO. The van der Waals surface area contributed by atoms with E-state index in [1.54, 1.807) is 0 Å². The van der Waals surface area contributed by atoms with Crippen molar-refractivity contribution in [3.05, 3.63) is 34.9 Å². The Labute approximate surface area is 84.2 Å². The number of carbonyl (C=O) groups is 1. The van der Waals surface area contributed by atoms with Gasteiger partial charge in [0.1, 0.15) is 0 Å². The number of hydrogen-bond acceptors (Lipinski definition) is 2. The number of rotatable bonds is 3. The summed E-state index contributed by atoms with van der Waals surface area (Å²) in [6.45, 7) is 3.98. The molecule has 0 aromatic heterocycles. The summed E-state index contributed by atoms with van der Waals surface area (Å²) < 4.78 is 0. The van der Waals surface area contributed by atoms with E-state index in [4.69, 9.17) is 5.26 Å². The molecule has 0 atom stereocenters. The Morgan fingerprint density at radius 2 is 2.14 bits per heavy atom. The lowest BCUT2D eigenvalue weighted by atomic mass is 10.0. The van der Waals surface area contributed by atoms with Crippen LogP contribution < -0.4 is 0 Å². The predicted octanol–water partition coefficient (Wildman–Crippen LogP) is 2.33. The molecule has 1 aromatic carbocycles. The van der Waals surface area contributed by atoms with E-state index in [0.29, 0.717) is 6.42 Å². The van der Waals surface area contributed by atoms with Crippen LogP contribution in [0.5, 0.6) is 0 Å². The van der Waals surface area contributed by atoms with Gasteiger partial charge in [0.15, 0.2) is 5.78 Å². The normalized spacial score (nSPS) is 9.50. The van der Waals surface area contributed by atoms with Gasteiger partial charge in [0.2, 0.25) is 0 Å². The van der Waals surface area contributed by atoms with Gasteiger partial charge in [0.25, 0.3) is 0 Å². The minimum absolute atomic E-state index is 0.00732. The Morgan fingerprint density at radius 1 is 1.43 bits per heavy atom. The monoisotopic (exact) mass is 187 g/mol. The van der Waals surface area contributed by atoms with E-state index in [9.17, 15) is 4.79 Å². The van der Waals surface area contributed by atoms with Crippen LogP contribution in [-0.2, 0) is 11.2 Å². The molecule has 0 N–H and O–H groups in total. The summed E-state index contributed by atoms with van der Waals surface area (Å²) in [7, 11) is 0. The highest BCUT2D eigenvalue weighted by molar-refractivity contribution is 5.83. The number of aryl methyl sites for hydroxylation is 2. The highest BCUT2D eigenvalue weighted by Crippen LogP contribution is 2.12. The molecule has 0 aliphatic heterocycles.